The lowest BCUT2D eigenvalue weighted by molar-refractivity contribution is 0.0756. The van der Waals surface area contributed by atoms with Gasteiger partial charge in [0.1, 0.15) is 5.15 Å². The zero-order valence-electron chi connectivity index (χ0n) is 10.6. The van der Waals surface area contributed by atoms with Crippen molar-refractivity contribution in [3.8, 4) is 0 Å². The molecule has 0 unspecified atom stereocenters. The molecule has 2 heterocycles. The Morgan fingerprint density at radius 2 is 2.39 bits per heavy atom. The predicted octanol–water partition coefficient (Wildman–Crippen LogP) is 2.95. The van der Waals surface area contributed by atoms with E-state index < -0.39 is 0 Å². The monoisotopic (exact) mass is 284 g/mol. The van der Waals surface area contributed by atoms with Gasteiger partial charge in [-0.3, -0.25) is 4.79 Å². The maximum Gasteiger partial charge on any atom is 0.254 e. The largest absolute Gasteiger partial charge is 0.337 e. The van der Waals surface area contributed by atoms with Crippen LogP contribution in [0.5, 0.6) is 0 Å². The van der Waals surface area contributed by atoms with E-state index in [1.807, 2.05) is 16.7 Å². The van der Waals surface area contributed by atoms with E-state index in [1.54, 1.807) is 18.3 Å². The van der Waals surface area contributed by atoms with Crippen LogP contribution in [0.4, 0.5) is 0 Å². The lowest BCUT2D eigenvalue weighted by atomic mass is 10.1. The van der Waals surface area contributed by atoms with Crippen LogP contribution < -0.4 is 0 Å². The Hall–Kier alpha value is -0.740. The van der Waals surface area contributed by atoms with Crippen LogP contribution in [0.1, 0.15) is 24.2 Å². The molecule has 1 aromatic heterocycles. The van der Waals surface area contributed by atoms with E-state index >= 15 is 0 Å². The summed E-state index contributed by atoms with van der Waals surface area (Å²) in [5.41, 5.74) is 0.629. The van der Waals surface area contributed by atoms with Crippen molar-refractivity contribution < 1.29 is 4.79 Å². The quantitative estimate of drug-likeness (QED) is 0.783. The van der Waals surface area contributed by atoms with Crippen molar-refractivity contribution in [2.75, 3.05) is 18.8 Å². The number of hydrogen-bond donors (Lipinski definition) is 0. The van der Waals surface area contributed by atoms with Gasteiger partial charge in [0.2, 0.25) is 0 Å². The first-order valence-corrected chi connectivity index (χ1v) is 7.53. The molecule has 0 bridgehead atoms. The summed E-state index contributed by atoms with van der Waals surface area (Å²) in [5.74, 6) is 1.66. The first-order chi connectivity index (χ1) is 8.58. The third-order valence-electron chi connectivity index (χ3n) is 3.10. The molecule has 1 aromatic rings. The Morgan fingerprint density at radius 1 is 1.61 bits per heavy atom. The molecule has 98 valence electrons. The van der Waals surface area contributed by atoms with E-state index in [0.29, 0.717) is 21.9 Å². The molecule has 0 N–H and O–H groups in total. The average Bonchev–Trinajstić information content (AvgIpc) is 2.38. The van der Waals surface area contributed by atoms with E-state index in [1.165, 1.54) is 0 Å². The number of amides is 1. The number of carbonyl (C=O) groups is 1. The first-order valence-electron chi connectivity index (χ1n) is 6.10. The molecule has 2 rings (SSSR count). The topological polar surface area (TPSA) is 33.2 Å². The molecule has 3 nitrogen and oxygen atoms in total. The van der Waals surface area contributed by atoms with Gasteiger partial charge in [-0.15, -0.1) is 0 Å². The van der Waals surface area contributed by atoms with Gasteiger partial charge >= 0.3 is 0 Å². The van der Waals surface area contributed by atoms with Gasteiger partial charge in [-0.25, -0.2) is 4.98 Å². The van der Waals surface area contributed by atoms with Crippen molar-refractivity contribution in [2.45, 2.75) is 19.1 Å². The molecule has 1 aliphatic heterocycles. The Bertz CT molecular complexity index is 439. The fourth-order valence-corrected chi connectivity index (χ4v) is 3.45. The number of carbonyl (C=O) groups excluding carboxylic acids is 1. The Kier molecular flexibility index (Phi) is 4.51. The summed E-state index contributed by atoms with van der Waals surface area (Å²) in [6, 6.07) is 3.36. The number of hydrogen-bond acceptors (Lipinski definition) is 3. The minimum atomic E-state index is 0.0604. The maximum atomic E-state index is 12.4. The second-order valence-electron chi connectivity index (χ2n) is 4.77. The van der Waals surface area contributed by atoms with Crippen LogP contribution in [0.25, 0.3) is 0 Å². The molecule has 0 aromatic carbocycles. The standard InChI is InChI=1S/C13H17ClN2OS/c1-9(2)11-8-16(5-6-18-11)13(17)10-3-4-15-12(14)7-10/h3-4,7,9,11H,5-6,8H2,1-2H3/t11-/m1/s1. The van der Waals surface area contributed by atoms with Crippen molar-refractivity contribution in [3.05, 3.63) is 29.0 Å². The van der Waals surface area contributed by atoms with Gasteiger partial charge in [0, 0.05) is 35.9 Å². The van der Waals surface area contributed by atoms with Crippen molar-refractivity contribution in [1.29, 1.82) is 0 Å². The highest BCUT2D eigenvalue weighted by atomic mass is 35.5. The van der Waals surface area contributed by atoms with E-state index in [2.05, 4.69) is 18.8 Å². The predicted molar refractivity (Wildman–Crippen MR) is 76.2 cm³/mol. The molecule has 1 atom stereocenters. The lowest BCUT2D eigenvalue weighted by Gasteiger charge is -2.34. The molecular formula is C13H17ClN2OS. The van der Waals surface area contributed by atoms with E-state index in [4.69, 9.17) is 11.6 Å². The van der Waals surface area contributed by atoms with E-state index in [-0.39, 0.29) is 5.91 Å². The minimum absolute atomic E-state index is 0.0604. The molecular weight excluding hydrogens is 268 g/mol. The molecule has 1 saturated heterocycles. The third-order valence-corrected chi connectivity index (χ3v) is 4.84. The number of nitrogens with zero attached hydrogens (tertiary/aromatic N) is 2. The fraction of sp³-hybridized carbons (Fsp3) is 0.538. The number of halogens is 1. The van der Waals surface area contributed by atoms with Crippen molar-refractivity contribution in [3.63, 3.8) is 0 Å². The lowest BCUT2D eigenvalue weighted by Crippen LogP contribution is -2.43. The Balaban J connectivity index is 2.09. The zero-order chi connectivity index (χ0) is 13.1. The van der Waals surface area contributed by atoms with Gasteiger partial charge in [-0.05, 0) is 18.1 Å². The van der Waals surface area contributed by atoms with Crippen LogP contribution in [0.15, 0.2) is 18.3 Å². The second kappa shape index (κ2) is 5.93. The molecule has 5 heteroatoms. The SMILES string of the molecule is CC(C)[C@H]1CN(C(=O)c2ccnc(Cl)c2)CCS1. The van der Waals surface area contributed by atoms with Crippen LogP contribution in [0.3, 0.4) is 0 Å². The first kappa shape index (κ1) is 13.7. The Morgan fingerprint density at radius 3 is 3.06 bits per heavy atom. The minimum Gasteiger partial charge on any atom is -0.337 e. The smallest absolute Gasteiger partial charge is 0.254 e. The van der Waals surface area contributed by atoms with Crippen molar-refractivity contribution >= 4 is 29.3 Å². The van der Waals surface area contributed by atoms with E-state index in [9.17, 15) is 4.79 Å². The normalized spacial score (nSPS) is 20.2. The molecule has 0 aliphatic carbocycles. The van der Waals surface area contributed by atoms with Crippen molar-refractivity contribution in [1.82, 2.24) is 9.88 Å². The highest BCUT2D eigenvalue weighted by Crippen LogP contribution is 2.25. The van der Waals surface area contributed by atoms with Crippen LogP contribution in [-0.4, -0.2) is 39.9 Å². The molecule has 1 amide bonds. The second-order valence-corrected chi connectivity index (χ2v) is 6.51. The average molecular weight is 285 g/mol. The van der Waals surface area contributed by atoms with Gasteiger partial charge in [0.25, 0.3) is 5.91 Å². The van der Waals surface area contributed by atoms with Crippen LogP contribution in [0.2, 0.25) is 5.15 Å². The zero-order valence-corrected chi connectivity index (χ0v) is 12.2. The number of thioether (sulfide) groups is 1. The summed E-state index contributed by atoms with van der Waals surface area (Å²) in [6.07, 6.45) is 1.58. The van der Waals surface area contributed by atoms with Crippen LogP contribution in [0, 0.1) is 5.92 Å². The summed E-state index contributed by atoms with van der Waals surface area (Å²) in [7, 11) is 0. The Labute approximate surface area is 117 Å². The number of rotatable bonds is 2. The van der Waals surface area contributed by atoms with Gasteiger partial charge < -0.3 is 4.90 Å². The van der Waals surface area contributed by atoms with Crippen LogP contribution >= 0.6 is 23.4 Å². The summed E-state index contributed by atoms with van der Waals surface area (Å²) >= 11 is 7.78. The highest BCUT2D eigenvalue weighted by Gasteiger charge is 2.26. The fourth-order valence-electron chi connectivity index (χ4n) is 1.98. The molecule has 0 radical (unpaired) electrons. The molecule has 0 spiro atoms. The summed E-state index contributed by atoms with van der Waals surface area (Å²) in [6.45, 7) is 6.04. The number of aromatic nitrogens is 1. The van der Waals surface area contributed by atoms with Crippen molar-refractivity contribution in [2.24, 2.45) is 5.92 Å². The third kappa shape index (κ3) is 3.18. The molecule has 18 heavy (non-hydrogen) atoms. The molecule has 1 aliphatic rings. The highest BCUT2D eigenvalue weighted by molar-refractivity contribution is 8.00. The molecule has 1 fully saturated rings. The van der Waals surface area contributed by atoms with Gasteiger partial charge in [-0.1, -0.05) is 25.4 Å². The van der Waals surface area contributed by atoms with Crippen LogP contribution in [-0.2, 0) is 0 Å². The summed E-state index contributed by atoms with van der Waals surface area (Å²) in [4.78, 5) is 18.2. The molecule has 0 saturated carbocycles. The van der Waals surface area contributed by atoms with Gasteiger partial charge in [0.05, 0.1) is 0 Å². The maximum absolute atomic E-state index is 12.4. The van der Waals surface area contributed by atoms with E-state index in [0.717, 1.165) is 18.8 Å². The summed E-state index contributed by atoms with van der Waals surface area (Å²) in [5, 5.41) is 0.896. The number of pyridine rings is 1. The van der Waals surface area contributed by atoms with Gasteiger partial charge in [0.15, 0.2) is 0 Å². The van der Waals surface area contributed by atoms with Gasteiger partial charge in [-0.2, -0.15) is 11.8 Å². The summed E-state index contributed by atoms with van der Waals surface area (Å²) < 4.78 is 0.